The zero-order valence-corrected chi connectivity index (χ0v) is 13.8. The third-order valence-corrected chi connectivity index (χ3v) is 4.47. The average Bonchev–Trinajstić information content (AvgIpc) is 2.50. The summed E-state index contributed by atoms with van der Waals surface area (Å²) in [5.41, 5.74) is 2.52. The standard InChI is InChI=1S/C17H23N3S/c1-4-8-14-16(18-11-5-2)19-12-20-17(14)21-15-10-7-6-9-13(15)3/h6-7,9-10,12H,4-5,8,11H2,1-3H3,(H,18,19,20). The van der Waals surface area contributed by atoms with Gasteiger partial charge in [-0.15, -0.1) is 0 Å². The van der Waals surface area contributed by atoms with Crippen LogP contribution in [0.25, 0.3) is 0 Å². The van der Waals surface area contributed by atoms with Crippen molar-refractivity contribution in [3.63, 3.8) is 0 Å². The van der Waals surface area contributed by atoms with Gasteiger partial charge in [-0.25, -0.2) is 9.97 Å². The van der Waals surface area contributed by atoms with Crippen LogP contribution in [0.4, 0.5) is 5.82 Å². The van der Waals surface area contributed by atoms with E-state index in [1.165, 1.54) is 16.0 Å². The summed E-state index contributed by atoms with van der Waals surface area (Å²) in [7, 11) is 0. The Labute approximate surface area is 131 Å². The predicted octanol–water partition coefficient (Wildman–Crippen LogP) is 4.71. The molecule has 0 atom stereocenters. The predicted molar refractivity (Wildman–Crippen MR) is 90.1 cm³/mol. The fourth-order valence-electron chi connectivity index (χ4n) is 2.13. The smallest absolute Gasteiger partial charge is 0.133 e. The number of hydrogen-bond donors (Lipinski definition) is 1. The Balaban J connectivity index is 2.31. The molecule has 3 nitrogen and oxygen atoms in total. The van der Waals surface area contributed by atoms with Crippen molar-refractivity contribution in [3.8, 4) is 0 Å². The number of aryl methyl sites for hydroxylation is 1. The Kier molecular flexibility index (Phi) is 6.05. The van der Waals surface area contributed by atoms with Gasteiger partial charge in [-0.2, -0.15) is 0 Å². The van der Waals surface area contributed by atoms with Crippen molar-refractivity contribution in [2.75, 3.05) is 11.9 Å². The second kappa shape index (κ2) is 8.03. The van der Waals surface area contributed by atoms with Crippen LogP contribution in [-0.2, 0) is 6.42 Å². The van der Waals surface area contributed by atoms with Crippen LogP contribution < -0.4 is 5.32 Å². The highest BCUT2D eigenvalue weighted by atomic mass is 32.2. The molecule has 1 aromatic heterocycles. The fraction of sp³-hybridized carbons (Fsp3) is 0.412. The molecule has 0 aliphatic heterocycles. The molecule has 112 valence electrons. The molecule has 1 aromatic carbocycles. The van der Waals surface area contributed by atoms with Gasteiger partial charge in [0.05, 0.1) is 0 Å². The van der Waals surface area contributed by atoms with Crippen LogP contribution in [0.1, 0.15) is 37.8 Å². The minimum Gasteiger partial charge on any atom is -0.370 e. The Morgan fingerprint density at radius 3 is 2.62 bits per heavy atom. The first kappa shape index (κ1) is 15.8. The Morgan fingerprint density at radius 1 is 1.10 bits per heavy atom. The van der Waals surface area contributed by atoms with Gasteiger partial charge < -0.3 is 5.32 Å². The van der Waals surface area contributed by atoms with Gasteiger partial charge in [0.1, 0.15) is 17.2 Å². The molecule has 4 heteroatoms. The van der Waals surface area contributed by atoms with Crippen LogP contribution in [0.5, 0.6) is 0 Å². The van der Waals surface area contributed by atoms with Crippen LogP contribution >= 0.6 is 11.8 Å². The molecule has 0 saturated carbocycles. The van der Waals surface area contributed by atoms with Crippen molar-refractivity contribution in [1.29, 1.82) is 0 Å². The summed E-state index contributed by atoms with van der Waals surface area (Å²) in [6.07, 6.45) is 4.85. The number of hydrogen-bond acceptors (Lipinski definition) is 4. The average molecular weight is 301 g/mol. The normalized spacial score (nSPS) is 10.6. The number of nitrogens with one attached hydrogen (secondary N) is 1. The summed E-state index contributed by atoms with van der Waals surface area (Å²) < 4.78 is 0. The van der Waals surface area contributed by atoms with E-state index in [1.54, 1.807) is 18.1 Å². The lowest BCUT2D eigenvalue weighted by molar-refractivity contribution is 0.848. The molecule has 0 aliphatic carbocycles. The molecule has 0 bridgehead atoms. The lowest BCUT2D eigenvalue weighted by atomic mass is 10.2. The zero-order valence-electron chi connectivity index (χ0n) is 13.0. The Hall–Kier alpha value is -1.55. The van der Waals surface area contributed by atoms with Gasteiger partial charge >= 0.3 is 0 Å². The molecule has 0 fully saturated rings. The molecule has 2 rings (SSSR count). The molecule has 0 aliphatic rings. The van der Waals surface area contributed by atoms with E-state index in [-0.39, 0.29) is 0 Å². The van der Waals surface area contributed by atoms with E-state index in [1.807, 2.05) is 0 Å². The van der Waals surface area contributed by atoms with Crippen LogP contribution in [0, 0.1) is 6.92 Å². The first-order valence-electron chi connectivity index (χ1n) is 7.57. The molecule has 0 spiro atoms. The van der Waals surface area contributed by atoms with Gasteiger partial charge in [-0.1, -0.05) is 50.2 Å². The highest BCUT2D eigenvalue weighted by molar-refractivity contribution is 7.99. The molecule has 0 amide bonds. The SMILES string of the molecule is CCCNc1ncnc(Sc2ccccc2C)c1CCC. The van der Waals surface area contributed by atoms with E-state index in [4.69, 9.17) is 0 Å². The number of aromatic nitrogens is 2. The fourth-order valence-corrected chi connectivity index (χ4v) is 3.14. The summed E-state index contributed by atoms with van der Waals surface area (Å²) in [5.74, 6) is 0.991. The van der Waals surface area contributed by atoms with Crippen LogP contribution in [0.2, 0.25) is 0 Å². The van der Waals surface area contributed by atoms with E-state index in [0.29, 0.717) is 0 Å². The van der Waals surface area contributed by atoms with Gasteiger partial charge in [0.15, 0.2) is 0 Å². The lowest BCUT2D eigenvalue weighted by Crippen LogP contribution is -2.07. The summed E-state index contributed by atoms with van der Waals surface area (Å²) in [6.45, 7) is 7.44. The molecular weight excluding hydrogens is 278 g/mol. The topological polar surface area (TPSA) is 37.8 Å². The van der Waals surface area contributed by atoms with Gasteiger partial charge in [-0.05, 0) is 31.4 Å². The maximum Gasteiger partial charge on any atom is 0.133 e. The Bertz CT molecular complexity index is 584. The zero-order chi connectivity index (χ0) is 15.1. The molecule has 0 unspecified atom stereocenters. The van der Waals surface area contributed by atoms with Crippen molar-refractivity contribution < 1.29 is 0 Å². The lowest BCUT2D eigenvalue weighted by Gasteiger charge is -2.14. The molecule has 1 N–H and O–H groups in total. The van der Waals surface area contributed by atoms with Gasteiger partial charge in [-0.3, -0.25) is 0 Å². The first-order valence-corrected chi connectivity index (χ1v) is 8.39. The summed E-state index contributed by atoms with van der Waals surface area (Å²) >= 11 is 1.74. The van der Waals surface area contributed by atoms with E-state index >= 15 is 0 Å². The monoisotopic (exact) mass is 301 g/mol. The van der Waals surface area contributed by atoms with Gasteiger partial charge in [0.2, 0.25) is 0 Å². The quantitative estimate of drug-likeness (QED) is 0.752. The first-order chi connectivity index (χ1) is 10.3. The molecular formula is C17H23N3S. The third-order valence-electron chi connectivity index (χ3n) is 3.25. The van der Waals surface area contributed by atoms with Crippen LogP contribution in [0.15, 0.2) is 40.5 Å². The summed E-state index contributed by atoms with van der Waals surface area (Å²) in [6, 6.07) is 8.43. The number of benzene rings is 1. The van der Waals surface area contributed by atoms with Crippen LogP contribution in [0.3, 0.4) is 0 Å². The van der Waals surface area contributed by atoms with E-state index in [2.05, 4.69) is 60.3 Å². The Morgan fingerprint density at radius 2 is 1.90 bits per heavy atom. The van der Waals surface area contributed by atoms with Crippen molar-refractivity contribution in [1.82, 2.24) is 9.97 Å². The maximum atomic E-state index is 4.51. The van der Waals surface area contributed by atoms with E-state index in [9.17, 15) is 0 Å². The van der Waals surface area contributed by atoms with Crippen molar-refractivity contribution in [2.45, 2.75) is 50.0 Å². The van der Waals surface area contributed by atoms with Crippen LogP contribution in [-0.4, -0.2) is 16.5 Å². The number of anilines is 1. The van der Waals surface area contributed by atoms with E-state index < -0.39 is 0 Å². The maximum absolute atomic E-state index is 4.51. The van der Waals surface area contributed by atoms with Gasteiger partial charge in [0, 0.05) is 17.0 Å². The highest BCUT2D eigenvalue weighted by Crippen LogP contribution is 2.33. The minimum atomic E-state index is 0.947. The van der Waals surface area contributed by atoms with Crippen molar-refractivity contribution >= 4 is 17.6 Å². The van der Waals surface area contributed by atoms with E-state index in [0.717, 1.165) is 36.7 Å². The minimum absolute atomic E-state index is 0.947. The molecule has 2 aromatic rings. The molecule has 21 heavy (non-hydrogen) atoms. The molecule has 0 saturated heterocycles. The second-order valence-electron chi connectivity index (χ2n) is 5.05. The number of rotatable bonds is 7. The number of nitrogens with zero attached hydrogens (tertiary/aromatic N) is 2. The third kappa shape index (κ3) is 4.21. The largest absolute Gasteiger partial charge is 0.370 e. The summed E-state index contributed by atoms with van der Waals surface area (Å²) in [5, 5.41) is 4.49. The van der Waals surface area contributed by atoms with Crippen molar-refractivity contribution in [2.24, 2.45) is 0 Å². The molecule has 0 radical (unpaired) electrons. The van der Waals surface area contributed by atoms with Gasteiger partial charge in [0.25, 0.3) is 0 Å². The summed E-state index contributed by atoms with van der Waals surface area (Å²) in [4.78, 5) is 10.2. The highest BCUT2D eigenvalue weighted by Gasteiger charge is 2.12. The van der Waals surface area contributed by atoms with Crippen molar-refractivity contribution in [3.05, 3.63) is 41.7 Å². The molecule has 1 heterocycles. The second-order valence-corrected chi connectivity index (χ2v) is 6.08.